The summed E-state index contributed by atoms with van der Waals surface area (Å²) in [6, 6.07) is 7.67. The minimum Gasteiger partial charge on any atom is -0.495 e. The molecule has 1 N–H and O–H groups in total. The second kappa shape index (κ2) is 7.46. The van der Waals surface area contributed by atoms with Crippen LogP contribution < -0.4 is 15.0 Å². The summed E-state index contributed by atoms with van der Waals surface area (Å²) in [5, 5.41) is 3.23. The quantitative estimate of drug-likeness (QED) is 0.913. The third-order valence-electron chi connectivity index (χ3n) is 5.73. The van der Waals surface area contributed by atoms with E-state index in [2.05, 4.69) is 19.2 Å². The van der Waals surface area contributed by atoms with Crippen LogP contribution in [-0.2, 0) is 9.59 Å². The molecule has 1 saturated carbocycles. The van der Waals surface area contributed by atoms with Crippen molar-refractivity contribution in [2.45, 2.75) is 45.6 Å². The van der Waals surface area contributed by atoms with E-state index >= 15 is 0 Å². The molecule has 3 rings (SSSR count). The Kier molecular flexibility index (Phi) is 5.30. The van der Waals surface area contributed by atoms with Gasteiger partial charge >= 0.3 is 0 Å². The third kappa shape index (κ3) is 3.65. The fourth-order valence-electron chi connectivity index (χ4n) is 4.22. The molecule has 25 heavy (non-hydrogen) atoms. The Morgan fingerprint density at radius 2 is 1.88 bits per heavy atom. The number of methoxy groups -OCH3 is 1. The molecule has 1 saturated heterocycles. The monoisotopic (exact) mass is 344 g/mol. The number of carbonyl (C=O) groups is 2. The van der Waals surface area contributed by atoms with Crippen molar-refractivity contribution >= 4 is 17.5 Å². The van der Waals surface area contributed by atoms with Crippen LogP contribution in [0, 0.1) is 17.8 Å². The van der Waals surface area contributed by atoms with Gasteiger partial charge in [0, 0.05) is 19.0 Å². The average molecular weight is 344 g/mol. The van der Waals surface area contributed by atoms with Crippen LogP contribution in [0.4, 0.5) is 5.69 Å². The summed E-state index contributed by atoms with van der Waals surface area (Å²) >= 11 is 0. The first-order valence-corrected chi connectivity index (χ1v) is 9.25. The Hall–Kier alpha value is -2.04. The highest BCUT2D eigenvalue weighted by Gasteiger charge is 2.38. The van der Waals surface area contributed by atoms with Gasteiger partial charge in [-0.05, 0) is 36.8 Å². The minimum absolute atomic E-state index is 0.0105. The Bertz CT molecular complexity index is 636. The van der Waals surface area contributed by atoms with Gasteiger partial charge in [-0.25, -0.2) is 0 Å². The van der Waals surface area contributed by atoms with E-state index in [1.807, 2.05) is 24.3 Å². The molecule has 1 aromatic carbocycles. The van der Waals surface area contributed by atoms with Crippen LogP contribution in [0.2, 0.25) is 0 Å². The SMILES string of the molecule is COc1ccccc1N1CC(C(=O)NC2C(C)CCCC2C)CC1=O. The van der Waals surface area contributed by atoms with Gasteiger partial charge in [-0.3, -0.25) is 9.59 Å². The van der Waals surface area contributed by atoms with Gasteiger partial charge in [0.15, 0.2) is 0 Å². The van der Waals surface area contributed by atoms with E-state index in [1.165, 1.54) is 6.42 Å². The number of hydrogen-bond acceptors (Lipinski definition) is 3. The average Bonchev–Trinajstić information content (AvgIpc) is 3.00. The van der Waals surface area contributed by atoms with Gasteiger partial charge < -0.3 is 15.0 Å². The predicted molar refractivity (Wildman–Crippen MR) is 97.6 cm³/mol. The molecule has 1 heterocycles. The first-order chi connectivity index (χ1) is 12.0. The molecular formula is C20H28N2O3. The Morgan fingerprint density at radius 1 is 1.20 bits per heavy atom. The second-order valence-electron chi connectivity index (χ2n) is 7.50. The fourth-order valence-corrected chi connectivity index (χ4v) is 4.22. The molecule has 3 atom stereocenters. The Labute approximate surface area is 149 Å². The molecule has 0 bridgehead atoms. The van der Waals surface area contributed by atoms with E-state index < -0.39 is 0 Å². The zero-order valence-corrected chi connectivity index (χ0v) is 15.3. The third-order valence-corrected chi connectivity index (χ3v) is 5.73. The van der Waals surface area contributed by atoms with Crippen molar-refractivity contribution in [2.75, 3.05) is 18.6 Å². The van der Waals surface area contributed by atoms with Crippen molar-refractivity contribution in [3.8, 4) is 5.75 Å². The maximum atomic E-state index is 12.8. The Morgan fingerprint density at radius 3 is 2.56 bits per heavy atom. The summed E-state index contributed by atoms with van der Waals surface area (Å²) in [5.74, 6) is 1.35. The van der Waals surface area contributed by atoms with E-state index in [0.717, 1.165) is 18.5 Å². The van der Waals surface area contributed by atoms with Crippen LogP contribution >= 0.6 is 0 Å². The second-order valence-corrected chi connectivity index (χ2v) is 7.50. The molecule has 2 amide bonds. The molecule has 0 spiro atoms. The first-order valence-electron chi connectivity index (χ1n) is 9.25. The maximum Gasteiger partial charge on any atom is 0.227 e. The summed E-state index contributed by atoms with van der Waals surface area (Å²) in [4.78, 5) is 26.9. The number of benzene rings is 1. The number of nitrogens with one attached hydrogen (secondary N) is 1. The van der Waals surface area contributed by atoms with Crippen molar-refractivity contribution in [3.05, 3.63) is 24.3 Å². The van der Waals surface area contributed by atoms with Gasteiger partial charge in [0.25, 0.3) is 0 Å². The van der Waals surface area contributed by atoms with E-state index in [1.54, 1.807) is 12.0 Å². The number of hydrogen-bond donors (Lipinski definition) is 1. The zero-order chi connectivity index (χ0) is 18.0. The van der Waals surface area contributed by atoms with Gasteiger partial charge in [0.1, 0.15) is 5.75 Å². The number of ether oxygens (including phenoxy) is 1. The number of anilines is 1. The minimum atomic E-state index is -0.293. The lowest BCUT2D eigenvalue weighted by Gasteiger charge is -2.35. The normalized spacial score (nSPS) is 29.6. The molecule has 5 heteroatoms. The molecule has 0 radical (unpaired) electrons. The van der Waals surface area contributed by atoms with E-state index in [4.69, 9.17) is 4.74 Å². The van der Waals surface area contributed by atoms with Crippen LogP contribution in [0.25, 0.3) is 0 Å². The van der Waals surface area contributed by atoms with Crippen molar-refractivity contribution in [3.63, 3.8) is 0 Å². The largest absolute Gasteiger partial charge is 0.495 e. The van der Waals surface area contributed by atoms with Gasteiger partial charge in [0.05, 0.1) is 18.7 Å². The molecule has 3 unspecified atom stereocenters. The number of para-hydroxylation sites is 2. The fraction of sp³-hybridized carbons (Fsp3) is 0.600. The van der Waals surface area contributed by atoms with Crippen molar-refractivity contribution in [1.82, 2.24) is 5.32 Å². The van der Waals surface area contributed by atoms with Crippen molar-refractivity contribution in [2.24, 2.45) is 17.8 Å². The molecule has 1 aromatic rings. The highest BCUT2D eigenvalue weighted by atomic mass is 16.5. The van der Waals surface area contributed by atoms with Gasteiger partial charge in [-0.15, -0.1) is 0 Å². The lowest BCUT2D eigenvalue weighted by molar-refractivity contribution is -0.127. The highest BCUT2D eigenvalue weighted by Crippen LogP contribution is 2.33. The van der Waals surface area contributed by atoms with Crippen LogP contribution in [0.3, 0.4) is 0 Å². The summed E-state index contributed by atoms with van der Waals surface area (Å²) in [6.07, 6.45) is 3.82. The number of amides is 2. The van der Waals surface area contributed by atoms with Crippen LogP contribution in [0.15, 0.2) is 24.3 Å². The molecule has 5 nitrogen and oxygen atoms in total. The van der Waals surface area contributed by atoms with Gasteiger partial charge in [-0.1, -0.05) is 32.4 Å². The molecular weight excluding hydrogens is 316 g/mol. The first kappa shape index (κ1) is 17.8. The smallest absolute Gasteiger partial charge is 0.227 e. The van der Waals surface area contributed by atoms with E-state index in [-0.39, 0.29) is 30.2 Å². The maximum absolute atomic E-state index is 12.8. The summed E-state index contributed by atoms with van der Waals surface area (Å²) in [5.41, 5.74) is 0.740. The summed E-state index contributed by atoms with van der Waals surface area (Å²) in [6.45, 7) is 4.84. The number of nitrogens with zero attached hydrogens (tertiary/aromatic N) is 1. The van der Waals surface area contributed by atoms with Crippen LogP contribution in [-0.4, -0.2) is 31.5 Å². The molecule has 1 aliphatic heterocycles. The summed E-state index contributed by atoms with van der Waals surface area (Å²) in [7, 11) is 1.59. The Balaban J connectivity index is 1.68. The zero-order valence-electron chi connectivity index (χ0n) is 15.3. The lowest BCUT2D eigenvalue weighted by atomic mass is 9.78. The van der Waals surface area contributed by atoms with Gasteiger partial charge in [0.2, 0.25) is 11.8 Å². The molecule has 2 aliphatic rings. The number of rotatable bonds is 4. The van der Waals surface area contributed by atoms with E-state index in [0.29, 0.717) is 24.1 Å². The van der Waals surface area contributed by atoms with E-state index in [9.17, 15) is 9.59 Å². The summed E-state index contributed by atoms with van der Waals surface area (Å²) < 4.78 is 5.36. The van der Waals surface area contributed by atoms with Gasteiger partial charge in [-0.2, -0.15) is 0 Å². The standard InChI is InChI=1S/C20H28N2O3/c1-13-7-6-8-14(2)19(13)21-20(24)15-11-18(23)22(12-15)16-9-4-5-10-17(16)25-3/h4-5,9-10,13-15,19H,6-8,11-12H2,1-3H3,(H,21,24). The number of carbonyl (C=O) groups excluding carboxylic acids is 2. The molecule has 2 fully saturated rings. The topological polar surface area (TPSA) is 58.6 Å². The molecule has 136 valence electrons. The molecule has 1 aliphatic carbocycles. The highest BCUT2D eigenvalue weighted by molar-refractivity contribution is 6.01. The lowest BCUT2D eigenvalue weighted by Crippen LogP contribution is -2.48. The van der Waals surface area contributed by atoms with Crippen molar-refractivity contribution in [1.29, 1.82) is 0 Å². The van der Waals surface area contributed by atoms with Crippen LogP contribution in [0.1, 0.15) is 39.5 Å². The van der Waals surface area contributed by atoms with Crippen molar-refractivity contribution < 1.29 is 14.3 Å². The predicted octanol–water partition coefficient (Wildman–Crippen LogP) is 2.99. The van der Waals surface area contributed by atoms with Crippen LogP contribution in [0.5, 0.6) is 5.75 Å². The molecule has 0 aromatic heterocycles.